The van der Waals surface area contributed by atoms with E-state index in [2.05, 4.69) is 10.1 Å². The van der Waals surface area contributed by atoms with E-state index < -0.39 is 24.9 Å². The van der Waals surface area contributed by atoms with Gasteiger partial charge in [0.2, 0.25) is 5.13 Å². The van der Waals surface area contributed by atoms with E-state index in [0.717, 1.165) is 17.5 Å². The van der Waals surface area contributed by atoms with Gasteiger partial charge >= 0.3 is 0 Å². The number of aromatic nitrogens is 1. The van der Waals surface area contributed by atoms with Crippen molar-refractivity contribution in [2.75, 3.05) is 18.7 Å². The molecule has 7 nitrogen and oxygen atoms in total. The van der Waals surface area contributed by atoms with Crippen molar-refractivity contribution in [3.63, 3.8) is 0 Å². The van der Waals surface area contributed by atoms with Gasteiger partial charge in [0.15, 0.2) is 0 Å². The Morgan fingerprint density at radius 1 is 1.25 bits per heavy atom. The van der Waals surface area contributed by atoms with Gasteiger partial charge in [-0.15, -0.1) is 11.3 Å². The van der Waals surface area contributed by atoms with Crippen LogP contribution < -0.4 is 5.01 Å². The van der Waals surface area contributed by atoms with E-state index in [1.807, 2.05) is 36.6 Å². The first-order valence-electron chi connectivity index (χ1n) is 7.38. The molecule has 0 aliphatic carbocycles. The summed E-state index contributed by atoms with van der Waals surface area (Å²) in [6.07, 6.45) is -3.24. The second kappa shape index (κ2) is 8.32. The van der Waals surface area contributed by atoms with Gasteiger partial charge in [-0.05, 0) is 6.92 Å². The van der Waals surface area contributed by atoms with E-state index in [1.165, 1.54) is 21.9 Å². The Labute approximate surface area is 144 Å². The van der Waals surface area contributed by atoms with Crippen LogP contribution in [0.2, 0.25) is 0 Å². The zero-order chi connectivity index (χ0) is 17.7. The Bertz CT molecular complexity index is 674. The average Bonchev–Trinajstić information content (AvgIpc) is 3.08. The summed E-state index contributed by atoms with van der Waals surface area (Å²) >= 11 is 1.40. The number of nitrogens with zero attached hydrogens (tertiary/aromatic N) is 3. The van der Waals surface area contributed by atoms with Gasteiger partial charge in [-0.3, -0.25) is 0 Å². The lowest BCUT2D eigenvalue weighted by Crippen LogP contribution is -2.40. The minimum atomic E-state index is -1.51. The molecule has 0 saturated carbocycles. The van der Waals surface area contributed by atoms with Gasteiger partial charge < -0.3 is 20.4 Å². The van der Waals surface area contributed by atoms with Crippen LogP contribution in [0, 0.1) is 6.92 Å². The molecule has 0 aliphatic heterocycles. The van der Waals surface area contributed by atoms with Crippen LogP contribution in [0.5, 0.6) is 0 Å². The second-order valence-corrected chi connectivity index (χ2v) is 6.24. The molecule has 0 bridgehead atoms. The van der Waals surface area contributed by atoms with Crippen molar-refractivity contribution in [3.05, 3.63) is 35.2 Å². The number of benzene rings is 1. The third kappa shape index (κ3) is 4.59. The number of thiazole rings is 1. The van der Waals surface area contributed by atoms with Crippen molar-refractivity contribution in [1.29, 1.82) is 0 Å². The number of hydrogen-bond donors (Lipinski definition) is 4. The average molecular weight is 351 g/mol. The molecular formula is C16H21N3O4S. The molecule has 0 amide bonds. The first-order valence-corrected chi connectivity index (χ1v) is 8.25. The molecule has 0 radical (unpaired) electrons. The molecule has 4 N–H and O–H groups in total. The molecular weight excluding hydrogens is 330 g/mol. The molecule has 0 fully saturated rings. The number of aliphatic hydroxyl groups excluding tert-OH is 4. The predicted octanol–water partition coefficient (Wildman–Crippen LogP) is 0.616. The molecule has 1 aromatic carbocycles. The largest absolute Gasteiger partial charge is 0.394 e. The molecule has 3 atom stereocenters. The Hall–Kier alpha value is -1.84. The fraction of sp³-hybridized carbons (Fsp3) is 0.375. The highest BCUT2D eigenvalue weighted by atomic mass is 32.1. The third-order valence-corrected chi connectivity index (χ3v) is 4.35. The summed E-state index contributed by atoms with van der Waals surface area (Å²) in [5.74, 6) is 0. The molecule has 0 aliphatic rings. The van der Waals surface area contributed by atoms with Crippen LogP contribution in [0.1, 0.15) is 5.56 Å². The number of anilines is 1. The standard InChI is InChI=1S/C16H21N3O4S/c1-10-3-5-11(6-4-10)12-9-24-16(18-12)19(2)17-7-13(21)15(23)14(22)8-20/h3-7,9,13-15,20-23H,8H2,1-2H3/b17-7-/t13-,14-,15+/m0/s1. The molecule has 1 aromatic heterocycles. The Morgan fingerprint density at radius 2 is 1.92 bits per heavy atom. The van der Waals surface area contributed by atoms with E-state index in [-0.39, 0.29) is 0 Å². The quantitative estimate of drug-likeness (QED) is 0.430. The van der Waals surface area contributed by atoms with Crippen molar-refractivity contribution >= 4 is 22.7 Å². The molecule has 0 unspecified atom stereocenters. The molecule has 0 spiro atoms. The lowest BCUT2D eigenvalue weighted by Gasteiger charge is -2.18. The van der Waals surface area contributed by atoms with Crippen LogP contribution in [0.3, 0.4) is 0 Å². The maximum absolute atomic E-state index is 9.71. The predicted molar refractivity (Wildman–Crippen MR) is 94.3 cm³/mol. The topological polar surface area (TPSA) is 109 Å². The zero-order valence-electron chi connectivity index (χ0n) is 13.4. The van der Waals surface area contributed by atoms with Crippen molar-refractivity contribution in [1.82, 2.24) is 4.98 Å². The third-order valence-electron chi connectivity index (χ3n) is 3.44. The smallest absolute Gasteiger partial charge is 0.206 e. The molecule has 8 heteroatoms. The summed E-state index contributed by atoms with van der Waals surface area (Å²) in [5.41, 5.74) is 3.00. The summed E-state index contributed by atoms with van der Waals surface area (Å²) in [6.45, 7) is 1.38. The summed E-state index contributed by atoms with van der Waals surface area (Å²) in [4.78, 5) is 4.48. The SMILES string of the molecule is Cc1ccc(-c2csc(N(C)/N=C\[C@H](O)[C@@H](O)[C@@H](O)CO)n2)cc1. The summed E-state index contributed by atoms with van der Waals surface area (Å²) < 4.78 is 0. The number of rotatable bonds is 7. The minimum absolute atomic E-state index is 0.617. The highest BCUT2D eigenvalue weighted by Crippen LogP contribution is 2.27. The fourth-order valence-electron chi connectivity index (χ4n) is 1.91. The van der Waals surface area contributed by atoms with E-state index in [4.69, 9.17) is 5.11 Å². The van der Waals surface area contributed by atoms with Crippen molar-refractivity contribution in [2.45, 2.75) is 25.2 Å². The van der Waals surface area contributed by atoms with Crippen LogP contribution in [-0.2, 0) is 0 Å². The normalized spacial score (nSPS) is 15.4. The summed E-state index contributed by atoms with van der Waals surface area (Å²) in [7, 11) is 1.66. The van der Waals surface area contributed by atoms with Crippen molar-refractivity contribution < 1.29 is 20.4 Å². The van der Waals surface area contributed by atoms with Gasteiger partial charge in [0.25, 0.3) is 0 Å². The van der Waals surface area contributed by atoms with Gasteiger partial charge in [-0.1, -0.05) is 29.8 Å². The zero-order valence-corrected chi connectivity index (χ0v) is 14.3. The van der Waals surface area contributed by atoms with Crippen molar-refractivity contribution in [2.24, 2.45) is 5.10 Å². The lowest BCUT2D eigenvalue weighted by molar-refractivity contribution is -0.0541. The van der Waals surface area contributed by atoms with Crippen LogP contribution in [-0.4, -0.2) is 63.6 Å². The van der Waals surface area contributed by atoms with E-state index >= 15 is 0 Å². The van der Waals surface area contributed by atoms with Gasteiger partial charge in [0, 0.05) is 18.0 Å². The van der Waals surface area contributed by atoms with Crippen molar-refractivity contribution in [3.8, 4) is 11.3 Å². The highest BCUT2D eigenvalue weighted by Gasteiger charge is 2.22. The van der Waals surface area contributed by atoms with E-state index in [9.17, 15) is 15.3 Å². The molecule has 0 saturated heterocycles. The molecule has 1 heterocycles. The van der Waals surface area contributed by atoms with Crippen LogP contribution in [0.15, 0.2) is 34.7 Å². The Kier molecular flexibility index (Phi) is 6.41. The van der Waals surface area contributed by atoms with Gasteiger partial charge in [-0.25, -0.2) is 9.99 Å². The van der Waals surface area contributed by atoms with Gasteiger partial charge in [-0.2, -0.15) is 5.10 Å². The molecule has 24 heavy (non-hydrogen) atoms. The van der Waals surface area contributed by atoms with E-state index in [0.29, 0.717) is 5.13 Å². The number of aliphatic hydroxyl groups is 4. The van der Waals surface area contributed by atoms with Crippen LogP contribution >= 0.6 is 11.3 Å². The minimum Gasteiger partial charge on any atom is -0.394 e. The monoisotopic (exact) mass is 351 g/mol. The fourth-order valence-corrected chi connectivity index (χ4v) is 2.67. The summed E-state index contributed by atoms with van der Waals surface area (Å²) in [6, 6.07) is 8.02. The number of hydrazone groups is 1. The maximum Gasteiger partial charge on any atom is 0.206 e. The first-order chi connectivity index (χ1) is 11.4. The Morgan fingerprint density at radius 3 is 2.54 bits per heavy atom. The van der Waals surface area contributed by atoms with Crippen LogP contribution in [0.25, 0.3) is 11.3 Å². The van der Waals surface area contributed by atoms with Crippen LogP contribution in [0.4, 0.5) is 5.13 Å². The lowest BCUT2D eigenvalue weighted by atomic mass is 10.1. The number of aryl methyl sites for hydroxylation is 1. The maximum atomic E-state index is 9.71. The highest BCUT2D eigenvalue weighted by molar-refractivity contribution is 7.14. The molecule has 130 valence electrons. The first kappa shape index (κ1) is 18.5. The van der Waals surface area contributed by atoms with E-state index in [1.54, 1.807) is 7.05 Å². The second-order valence-electron chi connectivity index (χ2n) is 5.40. The molecule has 2 aromatic rings. The van der Waals surface area contributed by atoms with Gasteiger partial charge in [0.05, 0.1) is 18.5 Å². The van der Waals surface area contributed by atoms with Gasteiger partial charge in [0.1, 0.15) is 18.3 Å². The summed E-state index contributed by atoms with van der Waals surface area (Å²) in [5, 5.41) is 45.3. The number of hydrogen-bond acceptors (Lipinski definition) is 8. The Balaban J connectivity index is 2.04. The molecule has 2 rings (SSSR count).